The molecule has 0 aliphatic heterocycles. The molecule has 0 radical (unpaired) electrons. The Labute approximate surface area is 251 Å². The van der Waals surface area contributed by atoms with Gasteiger partial charge in [-0.25, -0.2) is 9.59 Å². The molecule has 0 aliphatic carbocycles. The van der Waals surface area contributed by atoms with Gasteiger partial charge in [0.15, 0.2) is 7.26 Å². The fourth-order valence-electron chi connectivity index (χ4n) is 4.33. The summed E-state index contributed by atoms with van der Waals surface area (Å²) in [4.78, 5) is 26.8. The van der Waals surface area contributed by atoms with Crippen LogP contribution in [0.1, 0.15) is 5.56 Å². The number of alkyl carbamates (subject to hydrolysis) is 1. The molecule has 1 N–H and O–H groups in total. The number of rotatable bonds is 9. The lowest BCUT2D eigenvalue weighted by atomic mass is 10.2. The van der Waals surface area contributed by atoms with Gasteiger partial charge < -0.3 is 33.5 Å². The fraction of sp³-hybridized carbons (Fsp3) is 0.0968. The van der Waals surface area contributed by atoms with Crippen LogP contribution < -0.4 is 45.2 Å². The van der Waals surface area contributed by atoms with Gasteiger partial charge >= 0.3 is 12.1 Å². The van der Waals surface area contributed by atoms with Crippen LogP contribution in [0.25, 0.3) is 0 Å². The highest BCUT2D eigenvalue weighted by molar-refractivity contribution is 8.05. The first kappa shape index (κ1) is 30.4. The number of halogens is 1. The first-order valence-corrected chi connectivity index (χ1v) is 15.0. The van der Waals surface area contributed by atoms with E-state index in [1.54, 1.807) is 0 Å². The molecule has 0 spiro atoms. The predicted molar refractivity (Wildman–Crippen MR) is 157 cm³/mol. The van der Waals surface area contributed by atoms with E-state index in [9.17, 15) is 9.59 Å². The summed E-state index contributed by atoms with van der Waals surface area (Å²) in [6, 6.07) is 39.3. The molecule has 5 nitrogen and oxygen atoms in total. The lowest BCUT2D eigenvalue weighted by molar-refractivity contribution is -0.135. The molecule has 0 bridgehead atoms. The van der Waals surface area contributed by atoms with E-state index in [2.05, 4.69) is 5.32 Å². The number of ether oxygens (including phenoxy) is 2. The Bertz CT molecular complexity index is 1290. The zero-order valence-electron chi connectivity index (χ0n) is 21.6. The number of carbonyl (C=O) groups is 2. The van der Waals surface area contributed by atoms with Gasteiger partial charge in [-0.15, -0.1) is 11.8 Å². The van der Waals surface area contributed by atoms with E-state index in [0.717, 1.165) is 21.5 Å². The molecule has 4 aromatic carbocycles. The van der Waals surface area contributed by atoms with Crippen molar-refractivity contribution in [3.63, 3.8) is 0 Å². The Balaban J connectivity index is 0.00000420. The van der Waals surface area contributed by atoms with Crippen molar-refractivity contribution in [2.45, 2.75) is 6.61 Å². The quantitative estimate of drug-likeness (QED) is 0.129. The molecule has 0 aromatic heterocycles. The van der Waals surface area contributed by atoms with Crippen LogP contribution in [0.4, 0.5) is 4.79 Å². The molecule has 4 aromatic rings. The van der Waals surface area contributed by atoms with E-state index in [4.69, 9.17) is 9.47 Å². The smallest absolute Gasteiger partial charge is 0.412 e. The van der Waals surface area contributed by atoms with Crippen LogP contribution >= 0.6 is 19.0 Å². The van der Waals surface area contributed by atoms with E-state index < -0.39 is 19.3 Å². The molecule has 0 unspecified atom stereocenters. The summed E-state index contributed by atoms with van der Waals surface area (Å²) in [5.41, 5.74) is 0.866. The normalized spacial score (nSPS) is 11.4. The molecule has 0 saturated heterocycles. The van der Waals surface area contributed by atoms with Crippen LogP contribution in [-0.4, -0.2) is 25.4 Å². The van der Waals surface area contributed by atoms with Gasteiger partial charge in [-0.2, -0.15) is 0 Å². The van der Waals surface area contributed by atoms with Gasteiger partial charge in [0.1, 0.15) is 27.5 Å². The first-order valence-electron chi connectivity index (χ1n) is 12.0. The Morgan fingerprint density at radius 3 is 1.51 bits per heavy atom. The SMILES string of the molecule is COC(=O)/C(=C(/NC(=O)OCc1ccccc1)SC)[P+](c1ccccc1)(c1ccccc1)c1ccccc1.[I-]. The molecule has 0 saturated carbocycles. The molecular weight excluding hydrogens is 640 g/mol. The largest absolute Gasteiger partial charge is 1.00 e. The van der Waals surface area contributed by atoms with Gasteiger partial charge in [-0.05, 0) is 48.2 Å². The predicted octanol–water partition coefficient (Wildman–Crippen LogP) is 2.62. The van der Waals surface area contributed by atoms with Crippen molar-refractivity contribution in [2.75, 3.05) is 13.4 Å². The Kier molecular flexibility index (Phi) is 11.6. The molecule has 1 amide bonds. The highest BCUT2D eigenvalue weighted by Gasteiger charge is 2.55. The van der Waals surface area contributed by atoms with Crippen LogP contribution in [0.5, 0.6) is 0 Å². The Morgan fingerprint density at radius 2 is 1.13 bits per heavy atom. The van der Waals surface area contributed by atoms with Crippen molar-refractivity contribution in [1.82, 2.24) is 5.32 Å². The second kappa shape index (κ2) is 14.9. The molecule has 200 valence electrons. The van der Waals surface area contributed by atoms with Crippen molar-refractivity contribution in [3.05, 3.63) is 137 Å². The standard InChI is InChI=1S/C31H28NO4PS.HI/c1-35-30(33)28(29(38-2)32-31(34)36-23-24-15-7-3-8-16-24)37(25-17-9-4-10-18-25,26-19-11-5-12-20-26)27-21-13-6-14-22-27;/h3-22H,23H2,1-2H3;1H. The monoisotopic (exact) mass is 669 g/mol. The summed E-state index contributed by atoms with van der Waals surface area (Å²) in [5, 5.41) is 6.55. The van der Waals surface area contributed by atoms with Crippen LogP contribution in [0.2, 0.25) is 0 Å². The zero-order valence-corrected chi connectivity index (χ0v) is 25.5. The number of hydrogen-bond donors (Lipinski definition) is 1. The lowest BCUT2D eigenvalue weighted by Gasteiger charge is -2.29. The van der Waals surface area contributed by atoms with Crippen LogP contribution in [0.3, 0.4) is 0 Å². The summed E-state index contributed by atoms with van der Waals surface area (Å²) in [5.74, 6) is -0.511. The van der Waals surface area contributed by atoms with Crippen molar-refractivity contribution in [2.24, 2.45) is 0 Å². The number of esters is 1. The maximum atomic E-state index is 13.8. The van der Waals surface area contributed by atoms with Crippen LogP contribution in [0, 0.1) is 0 Å². The van der Waals surface area contributed by atoms with Gasteiger partial charge in [0.2, 0.25) is 5.31 Å². The van der Waals surface area contributed by atoms with Crippen molar-refractivity contribution in [1.29, 1.82) is 0 Å². The van der Waals surface area contributed by atoms with E-state index in [-0.39, 0.29) is 30.6 Å². The highest BCUT2D eigenvalue weighted by Crippen LogP contribution is 2.64. The third kappa shape index (κ3) is 6.90. The number of thioether (sulfide) groups is 1. The molecule has 8 heteroatoms. The third-order valence-corrected chi connectivity index (χ3v) is 11.2. The number of hydrogen-bond acceptors (Lipinski definition) is 5. The summed E-state index contributed by atoms with van der Waals surface area (Å²) < 4.78 is 10.9. The van der Waals surface area contributed by atoms with Gasteiger partial charge in [0.05, 0.1) is 7.11 Å². The number of methoxy groups -OCH3 is 1. The van der Waals surface area contributed by atoms with Gasteiger partial charge in [0, 0.05) is 0 Å². The number of benzene rings is 4. The number of amides is 1. The van der Waals surface area contributed by atoms with Gasteiger partial charge in [-0.1, -0.05) is 84.9 Å². The number of carbonyl (C=O) groups excluding carboxylic acids is 2. The third-order valence-electron chi connectivity index (χ3n) is 5.99. The van der Waals surface area contributed by atoms with E-state index >= 15 is 0 Å². The summed E-state index contributed by atoms with van der Waals surface area (Å²) in [7, 11) is -1.46. The van der Waals surface area contributed by atoms with Gasteiger partial charge in [0.25, 0.3) is 0 Å². The van der Waals surface area contributed by atoms with Crippen LogP contribution in [-0.2, 0) is 20.9 Å². The molecule has 0 heterocycles. The van der Waals surface area contributed by atoms with Crippen molar-refractivity contribution < 1.29 is 43.0 Å². The molecule has 0 atom stereocenters. The first-order chi connectivity index (χ1) is 18.6. The lowest BCUT2D eigenvalue weighted by Crippen LogP contribution is -3.00. The van der Waals surface area contributed by atoms with Crippen molar-refractivity contribution in [3.8, 4) is 0 Å². The average Bonchev–Trinajstić information content (AvgIpc) is 2.99. The Morgan fingerprint density at radius 1 is 0.718 bits per heavy atom. The summed E-state index contributed by atoms with van der Waals surface area (Å²) in [6.45, 7) is 0.109. The Hall–Kier alpha value is -3.13. The average molecular weight is 670 g/mol. The second-order valence-electron chi connectivity index (χ2n) is 8.24. The maximum Gasteiger partial charge on any atom is 0.412 e. The van der Waals surface area contributed by atoms with Crippen LogP contribution in [0.15, 0.2) is 132 Å². The molecule has 0 fully saturated rings. The zero-order chi connectivity index (χ0) is 26.8. The minimum absolute atomic E-state index is 0. The topological polar surface area (TPSA) is 64.6 Å². The summed E-state index contributed by atoms with van der Waals surface area (Å²) in [6.07, 6.45) is 1.18. The highest BCUT2D eigenvalue weighted by atomic mass is 127. The minimum atomic E-state index is -2.83. The minimum Gasteiger partial charge on any atom is -1.00 e. The molecule has 4 rings (SSSR count). The van der Waals surface area contributed by atoms with Gasteiger partial charge in [-0.3, -0.25) is 5.32 Å². The maximum absolute atomic E-state index is 13.8. The van der Waals surface area contributed by atoms with E-state index in [0.29, 0.717) is 10.3 Å². The second-order valence-corrected chi connectivity index (χ2v) is 12.4. The van der Waals surface area contributed by atoms with E-state index in [1.165, 1.54) is 18.9 Å². The molecular formula is C31H29INO4PS. The molecule has 39 heavy (non-hydrogen) atoms. The van der Waals surface area contributed by atoms with E-state index in [1.807, 2.05) is 128 Å². The molecule has 0 aliphatic rings. The summed E-state index contributed by atoms with van der Waals surface area (Å²) >= 11 is 1.28. The fourth-order valence-corrected chi connectivity index (χ4v) is 9.73. The number of nitrogens with one attached hydrogen (secondary N) is 1. The van der Waals surface area contributed by atoms with Crippen molar-refractivity contribution >= 4 is 47.0 Å².